The number of rotatable bonds is 6. The molecule has 0 unspecified atom stereocenters. The minimum atomic E-state index is -2.23. The molecule has 0 radical (unpaired) electrons. The Morgan fingerprint density at radius 2 is 1.26 bits per heavy atom. The molecule has 6 atom stereocenters. The Bertz CT molecular complexity index is 1370. The first-order valence-electron chi connectivity index (χ1n) is 11.8. The van der Waals surface area contributed by atoms with Crippen molar-refractivity contribution in [2.24, 2.45) is 23.7 Å². The minimum Gasteiger partial charge on any atom is -0.459 e. The number of aliphatic hydroxyl groups is 2. The van der Waals surface area contributed by atoms with E-state index in [1.807, 2.05) is 0 Å². The molecule has 0 heterocycles. The molecule has 0 amide bonds. The fraction of sp³-hybridized carbons (Fsp3) is 0.286. The second kappa shape index (κ2) is 9.78. The van der Waals surface area contributed by atoms with Crippen molar-refractivity contribution in [3.63, 3.8) is 0 Å². The van der Waals surface area contributed by atoms with Crippen molar-refractivity contribution in [3.05, 3.63) is 94.0 Å². The molecule has 0 aromatic heterocycles. The van der Waals surface area contributed by atoms with Gasteiger partial charge in [0.15, 0.2) is 22.8 Å². The molecule has 2 aromatic rings. The van der Waals surface area contributed by atoms with Crippen molar-refractivity contribution in [2.45, 2.75) is 11.2 Å². The fourth-order valence-corrected chi connectivity index (χ4v) is 5.76. The lowest BCUT2D eigenvalue weighted by Crippen LogP contribution is -2.70. The first kappa shape index (κ1) is 26.3. The van der Waals surface area contributed by atoms with Gasteiger partial charge in [0.1, 0.15) is 13.2 Å². The zero-order chi connectivity index (χ0) is 27.2. The summed E-state index contributed by atoms with van der Waals surface area (Å²) < 4.78 is 10.6. The standard InChI is InChI=1S/C28H22Cl2O8/c29-17-5-1-15(2-6-17)25(33)37-13-27(35)21-11-9-20(24(27)32)19-10-12-22(31)28(36,23(19)21)14-38-26(34)16-3-7-18(30)8-4-16/h1-12,19-21,23,35-36H,13-14H2/t19-,20+,21-,23-,27+,28-/m1/s1. The second-order valence-corrected chi connectivity index (χ2v) is 10.5. The van der Waals surface area contributed by atoms with Crippen LogP contribution in [0.25, 0.3) is 0 Å². The lowest BCUT2D eigenvalue weighted by atomic mass is 9.49. The number of hydrogen-bond donors (Lipinski definition) is 2. The van der Waals surface area contributed by atoms with Gasteiger partial charge >= 0.3 is 11.9 Å². The van der Waals surface area contributed by atoms with Gasteiger partial charge < -0.3 is 19.7 Å². The number of hydrogen-bond acceptors (Lipinski definition) is 8. The van der Waals surface area contributed by atoms with Gasteiger partial charge in [0.2, 0.25) is 0 Å². The Balaban J connectivity index is 1.39. The van der Waals surface area contributed by atoms with Crippen molar-refractivity contribution < 1.29 is 38.9 Å². The SMILES string of the molecule is O=C(OC[C@@]1(O)C(=O)C=C[C@H]2[C@@H]1[C@H]1C=C[C@@H]2C(=O)[C@]1(O)COC(=O)c1ccc(Cl)cc1)c1ccc(Cl)cc1. The third kappa shape index (κ3) is 4.37. The Hall–Kier alpha value is -3.30. The largest absolute Gasteiger partial charge is 0.459 e. The Morgan fingerprint density at radius 3 is 1.79 bits per heavy atom. The number of ketones is 2. The number of ether oxygens (including phenoxy) is 2. The summed E-state index contributed by atoms with van der Waals surface area (Å²) in [5.41, 5.74) is -4.10. The molecule has 38 heavy (non-hydrogen) atoms. The summed E-state index contributed by atoms with van der Waals surface area (Å²) in [5, 5.41) is 24.0. The summed E-state index contributed by atoms with van der Waals surface area (Å²) in [5.74, 6) is -6.52. The molecular weight excluding hydrogens is 535 g/mol. The maximum absolute atomic E-state index is 13.3. The molecule has 2 aromatic carbocycles. The van der Waals surface area contributed by atoms with Gasteiger partial charge in [0.05, 0.1) is 11.1 Å². The highest BCUT2D eigenvalue weighted by atomic mass is 35.5. The van der Waals surface area contributed by atoms with Crippen LogP contribution < -0.4 is 0 Å². The topological polar surface area (TPSA) is 127 Å². The average Bonchev–Trinajstić information content (AvgIpc) is 2.91. The summed E-state index contributed by atoms with van der Waals surface area (Å²) in [6.45, 7) is -1.40. The van der Waals surface area contributed by atoms with Gasteiger partial charge in [-0.05, 0) is 60.5 Å². The summed E-state index contributed by atoms with van der Waals surface area (Å²) in [7, 11) is 0. The molecule has 1 fully saturated rings. The highest BCUT2D eigenvalue weighted by molar-refractivity contribution is 6.31. The van der Waals surface area contributed by atoms with Crippen molar-refractivity contribution in [1.82, 2.24) is 0 Å². The maximum Gasteiger partial charge on any atom is 0.338 e. The van der Waals surface area contributed by atoms with Gasteiger partial charge in [0.25, 0.3) is 0 Å². The number of carbonyl (C=O) groups is 4. The van der Waals surface area contributed by atoms with Crippen LogP contribution in [0, 0.1) is 23.7 Å². The van der Waals surface area contributed by atoms with Crippen LogP contribution in [0.3, 0.4) is 0 Å². The van der Waals surface area contributed by atoms with E-state index in [1.54, 1.807) is 12.2 Å². The Labute approximate surface area is 227 Å². The van der Waals surface area contributed by atoms with Crippen LogP contribution in [-0.4, -0.2) is 58.1 Å². The molecule has 6 rings (SSSR count). The van der Waals surface area contributed by atoms with Crippen molar-refractivity contribution >= 4 is 46.7 Å². The highest BCUT2D eigenvalue weighted by Gasteiger charge is 2.66. The van der Waals surface area contributed by atoms with Crippen molar-refractivity contribution in [2.75, 3.05) is 13.2 Å². The molecule has 0 spiro atoms. The first-order valence-corrected chi connectivity index (χ1v) is 12.6. The fourth-order valence-electron chi connectivity index (χ4n) is 5.51. The smallest absolute Gasteiger partial charge is 0.338 e. The zero-order valence-electron chi connectivity index (χ0n) is 19.8. The van der Waals surface area contributed by atoms with Crippen LogP contribution in [0.1, 0.15) is 20.7 Å². The number of carbonyl (C=O) groups excluding carboxylic acids is 4. The predicted octanol–water partition coefficient (Wildman–Crippen LogP) is 3.23. The van der Waals surface area contributed by atoms with Gasteiger partial charge in [-0.3, -0.25) is 9.59 Å². The van der Waals surface area contributed by atoms with Crippen LogP contribution in [-0.2, 0) is 19.1 Å². The Kier molecular flexibility index (Phi) is 6.77. The van der Waals surface area contributed by atoms with E-state index in [-0.39, 0.29) is 11.1 Å². The summed E-state index contributed by atoms with van der Waals surface area (Å²) in [6, 6.07) is 11.8. The lowest BCUT2D eigenvalue weighted by Gasteiger charge is -2.56. The molecule has 2 N–H and O–H groups in total. The van der Waals surface area contributed by atoms with Crippen LogP contribution in [0.5, 0.6) is 0 Å². The van der Waals surface area contributed by atoms with E-state index in [0.717, 1.165) is 0 Å². The van der Waals surface area contributed by atoms with Crippen LogP contribution >= 0.6 is 23.2 Å². The highest BCUT2D eigenvalue weighted by Crippen LogP contribution is 2.54. The molecule has 1 saturated carbocycles. The van der Waals surface area contributed by atoms with E-state index in [9.17, 15) is 29.4 Å². The van der Waals surface area contributed by atoms with Crippen molar-refractivity contribution in [3.8, 4) is 0 Å². The number of fused-ring (bicyclic) bond motifs is 1. The zero-order valence-corrected chi connectivity index (χ0v) is 21.3. The minimum absolute atomic E-state index is 0.166. The van der Waals surface area contributed by atoms with E-state index in [2.05, 4.69) is 0 Å². The van der Waals surface area contributed by atoms with Gasteiger partial charge in [-0.25, -0.2) is 9.59 Å². The molecule has 0 aliphatic heterocycles. The van der Waals surface area contributed by atoms with E-state index in [0.29, 0.717) is 10.0 Å². The molecule has 2 bridgehead atoms. The van der Waals surface area contributed by atoms with E-state index >= 15 is 0 Å². The van der Waals surface area contributed by atoms with Gasteiger partial charge in [-0.1, -0.05) is 41.4 Å². The molecule has 10 heteroatoms. The number of benzene rings is 2. The van der Waals surface area contributed by atoms with Crippen LogP contribution in [0.4, 0.5) is 0 Å². The number of halogens is 2. The van der Waals surface area contributed by atoms with Crippen LogP contribution in [0.2, 0.25) is 10.0 Å². The molecule has 4 aliphatic rings. The quantitative estimate of drug-likeness (QED) is 0.410. The Morgan fingerprint density at radius 1 is 0.763 bits per heavy atom. The first-order chi connectivity index (χ1) is 18.0. The monoisotopic (exact) mass is 556 g/mol. The van der Waals surface area contributed by atoms with E-state index in [1.165, 1.54) is 60.7 Å². The molecule has 4 aliphatic carbocycles. The van der Waals surface area contributed by atoms with Gasteiger partial charge in [0, 0.05) is 27.8 Å². The predicted molar refractivity (Wildman–Crippen MR) is 136 cm³/mol. The van der Waals surface area contributed by atoms with Crippen molar-refractivity contribution in [1.29, 1.82) is 0 Å². The summed E-state index contributed by atoms with van der Waals surface area (Å²) in [6.07, 6.45) is 5.85. The lowest BCUT2D eigenvalue weighted by molar-refractivity contribution is -0.191. The maximum atomic E-state index is 13.3. The number of allylic oxidation sites excluding steroid dienone is 2. The third-order valence-electron chi connectivity index (χ3n) is 7.48. The van der Waals surface area contributed by atoms with Crippen LogP contribution in [0.15, 0.2) is 72.8 Å². The van der Waals surface area contributed by atoms with E-state index < -0.39 is 71.6 Å². The van der Waals surface area contributed by atoms with Gasteiger partial charge in [-0.2, -0.15) is 0 Å². The normalized spacial score (nSPS) is 31.2. The number of esters is 2. The molecular formula is C28H22Cl2O8. The van der Waals surface area contributed by atoms with E-state index in [4.69, 9.17) is 32.7 Å². The molecule has 0 saturated heterocycles. The molecule has 8 nitrogen and oxygen atoms in total. The van der Waals surface area contributed by atoms with Gasteiger partial charge in [-0.15, -0.1) is 0 Å². The third-order valence-corrected chi connectivity index (χ3v) is 7.98. The second-order valence-electron chi connectivity index (χ2n) is 9.64. The summed E-state index contributed by atoms with van der Waals surface area (Å²) >= 11 is 11.7. The molecule has 196 valence electrons. The summed E-state index contributed by atoms with van der Waals surface area (Å²) in [4.78, 5) is 51.5. The number of Topliss-reactive ketones (excluding diaryl/α,β-unsaturated/α-hetero) is 1. The average molecular weight is 557 g/mol.